The maximum absolute atomic E-state index is 6.00. The molecule has 1 aromatic rings. The van der Waals surface area contributed by atoms with Crippen LogP contribution in [0.1, 0.15) is 18.9 Å². The van der Waals surface area contributed by atoms with Gasteiger partial charge in [0.05, 0.1) is 0 Å². The van der Waals surface area contributed by atoms with E-state index in [0.29, 0.717) is 10.5 Å². The molecule has 3 unspecified atom stereocenters. The highest BCUT2D eigenvalue weighted by atomic mass is 32.2. The molecule has 0 aliphatic carbocycles. The molecule has 0 aromatic carbocycles. The summed E-state index contributed by atoms with van der Waals surface area (Å²) in [6.45, 7) is 2.25. The van der Waals surface area contributed by atoms with Crippen molar-refractivity contribution in [1.82, 2.24) is 10.4 Å². The highest BCUT2D eigenvalue weighted by molar-refractivity contribution is 8.07. The average molecular weight is 298 g/mol. The van der Waals surface area contributed by atoms with Crippen LogP contribution in [0.2, 0.25) is 0 Å². The smallest absolute Gasteiger partial charge is 0.0381 e. The molecule has 19 heavy (non-hydrogen) atoms. The van der Waals surface area contributed by atoms with Gasteiger partial charge in [0.1, 0.15) is 0 Å². The number of hydrazine groups is 1. The molecule has 0 spiro atoms. The molecule has 1 aromatic heterocycles. The summed E-state index contributed by atoms with van der Waals surface area (Å²) < 4.78 is 0. The lowest BCUT2D eigenvalue weighted by Gasteiger charge is -2.35. The first-order valence-corrected chi connectivity index (χ1v) is 8.73. The van der Waals surface area contributed by atoms with E-state index in [-0.39, 0.29) is 6.04 Å². The Morgan fingerprint density at radius 3 is 2.95 bits per heavy atom. The zero-order chi connectivity index (χ0) is 13.7. The van der Waals surface area contributed by atoms with Gasteiger partial charge >= 0.3 is 0 Å². The van der Waals surface area contributed by atoms with Gasteiger partial charge < -0.3 is 5.73 Å². The van der Waals surface area contributed by atoms with Crippen LogP contribution in [0.15, 0.2) is 18.5 Å². The van der Waals surface area contributed by atoms with Gasteiger partial charge in [-0.1, -0.05) is 6.92 Å². The lowest BCUT2D eigenvalue weighted by Crippen LogP contribution is -2.49. The van der Waals surface area contributed by atoms with E-state index in [2.05, 4.69) is 29.1 Å². The Bertz CT molecular complexity index is 402. The Labute approximate surface area is 123 Å². The van der Waals surface area contributed by atoms with Gasteiger partial charge in [0.2, 0.25) is 0 Å². The van der Waals surface area contributed by atoms with E-state index < -0.39 is 0 Å². The van der Waals surface area contributed by atoms with Crippen molar-refractivity contribution in [1.29, 1.82) is 0 Å². The molecule has 0 radical (unpaired) electrons. The number of hydrogen-bond acceptors (Lipinski definition) is 6. The summed E-state index contributed by atoms with van der Waals surface area (Å²) >= 11 is 4.10. The van der Waals surface area contributed by atoms with Crippen molar-refractivity contribution < 1.29 is 0 Å². The van der Waals surface area contributed by atoms with E-state index in [4.69, 9.17) is 11.6 Å². The summed E-state index contributed by atoms with van der Waals surface area (Å²) in [5, 5.41) is 1.20. The van der Waals surface area contributed by atoms with E-state index in [1.165, 1.54) is 17.9 Å². The van der Waals surface area contributed by atoms with Crippen LogP contribution in [0.4, 0.5) is 5.69 Å². The second-order valence-corrected chi connectivity index (χ2v) is 7.34. The fraction of sp³-hybridized carbons (Fsp3) is 0.615. The molecular formula is C13H22N4S2. The maximum atomic E-state index is 6.00. The fourth-order valence-corrected chi connectivity index (χ4v) is 5.67. The van der Waals surface area contributed by atoms with Crippen LogP contribution in [0, 0.1) is 0 Å². The van der Waals surface area contributed by atoms with Crippen LogP contribution in [-0.2, 0) is 6.42 Å². The third-order valence-electron chi connectivity index (χ3n) is 3.49. The summed E-state index contributed by atoms with van der Waals surface area (Å²) in [5.41, 5.74) is 10.9. The second-order valence-electron chi connectivity index (χ2n) is 4.70. The predicted octanol–water partition coefficient (Wildman–Crippen LogP) is 1.67. The number of anilines is 1. The van der Waals surface area contributed by atoms with Crippen molar-refractivity contribution in [3.05, 3.63) is 24.0 Å². The monoisotopic (exact) mass is 298 g/mol. The van der Waals surface area contributed by atoms with Crippen molar-refractivity contribution in [2.75, 3.05) is 17.2 Å². The van der Waals surface area contributed by atoms with Crippen LogP contribution < -0.4 is 17.0 Å². The number of hydrogen-bond donors (Lipinski definition) is 3. The van der Waals surface area contributed by atoms with Gasteiger partial charge in [-0.3, -0.25) is 16.3 Å². The number of aromatic nitrogens is 1. The van der Waals surface area contributed by atoms with Gasteiger partial charge in [-0.25, -0.2) is 0 Å². The maximum Gasteiger partial charge on any atom is 0.0381 e. The molecule has 6 heteroatoms. The molecule has 3 atom stereocenters. The molecule has 106 valence electrons. The Morgan fingerprint density at radius 1 is 1.47 bits per heavy atom. The minimum absolute atomic E-state index is 0.245. The van der Waals surface area contributed by atoms with Gasteiger partial charge in [0, 0.05) is 46.1 Å². The molecule has 0 amide bonds. The van der Waals surface area contributed by atoms with E-state index in [1.807, 2.05) is 24.0 Å². The van der Waals surface area contributed by atoms with Crippen LogP contribution in [-0.4, -0.2) is 33.0 Å². The number of nitrogen functional groups attached to an aromatic ring is 1. The molecule has 0 saturated carbocycles. The Morgan fingerprint density at radius 2 is 2.26 bits per heavy atom. The molecule has 1 aliphatic heterocycles. The first kappa shape index (κ1) is 15.0. The summed E-state index contributed by atoms with van der Waals surface area (Å²) in [7, 11) is 0. The molecule has 2 rings (SSSR count). The quantitative estimate of drug-likeness (QED) is 0.567. The highest BCUT2D eigenvalue weighted by Crippen LogP contribution is 2.36. The van der Waals surface area contributed by atoms with E-state index in [1.54, 1.807) is 6.20 Å². The Kier molecular flexibility index (Phi) is 5.81. The Hall–Kier alpha value is -0.430. The average Bonchev–Trinajstić information content (AvgIpc) is 2.46. The molecule has 4 nitrogen and oxygen atoms in total. The van der Waals surface area contributed by atoms with Crippen molar-refractivity contribution in [2.45, 2.75) is 36.3 Å². The molecule has 0 bridgehead atoms. The van der Waals surface area contributed by atoms with Crippen LogP contribution in [0.3, 0.4) is 0 Å². The molecule has 5 N–H and O–H groups in total. The third-order valence-corrected chi connectivity index (χ3v) is 6.89. The molecular weight excluding hydrogens is 276 g/mol. The van der Waals surface area contributed by atoms with Crippen molar-refractivity contribution in [3.63, 3.8) is 0 Å². The molecule has 2 heterocycles. The van der Waals surface area contributed by atoms with Gasteiger partial charge in [-0.2, -0.15) is 23.5 Å². The standard InChI is InChI=1S/C13H22N4S2/c1-2-12-13(19-6-5-18-12)11(17-15)7-9-8-16-4-3-10(9)14/h3-4,8,11-13,17H,2,5-7,15H2,1H3,(H2,14,16). The summed E-state index contributed by atoms with van der Waals surface area (Å²) in [6, 6.07) is 2.09. The molecule has 1 saturated heterocycles. The minimum atomic E-state index is 0.245. The highest BCUT2D eigenvalue weighted by Gasteiger charge is 2.31. The van der Waals surface area contributed by atoms with Crippen LogP contribution in [0.25, 0.3) is 0 Å². The fourth-order valence-electron chi connectivity index (χ4n) is 2.43. The summed E-state index contributed by atoms with van der Waals surface area (Å²) in [5.74, 6) is 8.23. The number of pyridine rings is 1. The van der Waals surface area contributed by atoms with Gasteiger partial charge in [-0.05, 0) is 24.5 Å². The van der Waals surface area contributed by atoms with Gasteiger partial charge in [0.15, 0.2) is 0 Å². The van der Waals surface area contributed by atoms with E-state index in [9.17, 15) is 0 Å². The zero-order valence-corrected chi connectivity index (χ0v) is 12.8. The van der Waals surface area contributed by atoms with Crippen molar-refractivity contribution in [2.24, 2.45) is 5.84 Å². The number of nitrogens with one attached hydrogen (secondary N) is 1. The van der Waals surface area contributed by atoms with Crippen molar-refractivity contribution in [3.8, 4) is 0 Å². The topological polar surface area (TPSA) is 77.0 Å². The largest absolute Gasteiger partial charge is 0.398 e. The lowest BCUT2D eigenvalue weighted by molar-refractivity contribution is 0.490. The normalized spacial score (nSPS) is 25.2. The number of nitrogens with two attached hydrogens (primary N) is 2. The van der Waals surface area contributed by atoms with E-state index >= 15 is 0 Å². The first-order chi connectivity index (χ1) is 9.26. The van der Waals surface area contributed by atoms with Crippen LogP contribution >= 0.6 is 23.5 Å². The van der Waals surface area contributed by atoms with Crippen molar-refractivity contribution >= 4 is 29.2 Å². The predicted molar refractivity (Wildman–Crippen MR) is 86.2 cm³/mol. The minimum Gasteiger partial charge on any atom is -0.398 e. The zero-order valence-electron chi connectivity index (χ0n) is 11.2. The third kappa shape index (κ3) is 3.78. The first-order valence-electron chi connectivity index (χ1n) is 6.64. The number of nitrogens with zero attached hydrogens (tertiary/aromatic N) is 1. The van der Waals surface area contributed by atoms with Gasteiger partial charge in [0.25, 0.3) is 0 Å². The summed E-state index contributed by atoms with van der Waals surface area (Å²) in [6.07, 6.45) is 5.60. The van der Waals surface area contributed by atoms with Crippen LogP contribution in [0.5, 0.6) is 0 Å². The van der Waals surface area contributed by atoms with Gasteiger partial charge in [-0.15, -0.1) is 0 Å². The second kappa shape index (κ2) is 7.38. The Balaban J connectivity index is 2.08. The van der Waals surface area contributed by atoms with E-state index in [0.717, 1.165) is 17.7 Å². The summed E-state index contributed by atoms with van der Waals surface area (Å²) in [4.78, 5) is 4.16. The lowest BCUT2D eigenvalue weighted by atomic mass is 10.0. The molecule has 1 aliphatic rings. The number of rotatable bonds is 5. The SMILES string of the molecule is CCC1SCCSC1C(Cc1cnccc1N)NN. The number of thioether (sulfide) groups is 2. The molecule has 1 fully saturated rings.